The minimum absolute atomic E-state index is 0.235. The molecule has 0 aliphatic carbocycles. The van der Waals surface area contributed by atoms with Crippen LogP contribution < -0.4 is 5.32 Å². The maximum Gasteiger partial charge on any atom is 0.184 e. The first-order chi connectivity index (χ1) is 7.56. The Labute approximate surface area is 98.5 Å². The second-order valence-electron chi connectivity index (χ2n) is 4.31. The molecule has 1 aromatic heterocycles. The number of anilines is 1. The highest BCUT2D eigenvalue weighted by Crippen LogP contribution is 2.27. The van der Waals surface area contributed by atoms with Gasteiger partial charge in [0.05, 0.1) is 10.2 Å². The van der Waals surface area contributed by atoms with Gasteiger partial charge in [-0.25, -0.2) is 9.37 Å². The van der Waals surface area contributed by atoms with Gasteiger partial charge in [0.2, 0.25) is 0 Å². The summed E-state index contributed by atoms with van der Waals surface area (Å²) >= 11 is 1.56. The van der Waals surface area contributed by atoms with Crippen LogP contribution in [0.15, 0.2) is 18.2 Å². The molecule has 0 saturated heterocycles. The van der Waals surface area contributed by atoms with Crippen LogP contribution in [0, 0.1) is 11.7 Å². The summed E-state index contributed by atoms with van der Waals surface area (Å²) < 4.78 is 14.0. The predicted octanol–water partition coefficient (Wildman–Crippen LogP) is 3.89. The molecule has 0 fully saturated rings. The lowest BCUT2D eigenvalue weighted by Crippen LogP contribution is -2.21. The van der Waals surface area contributed by atoms with E-state index in [1.807, 2.05) is 0 Å². The van der Waals surface area contributed by atoms with Crippen LogP contribution in [0.25, 0.3) is 10.2 Å². The molecule has 1 N–H and O–H groups in total. The maximum atomic E-state index is 13.0. The highest BCUT2D eigenvalue weighted by molar-refractivity contribution is 7.22. The standard InChI is InChI=1S/C12H15FN2S/c1-7(2)8(3)14-12-15-10-6-9(13)4-5-11(10)16-12/h4-8H,1-3H3,(H,14,15). The summed E-state index contributed by atoms with van der Waals surface area (Å²) in [6, 6.07) is 5.08. The average Bonchev–Trinajstić information content (AvgIpc) is 2.58. The van der Waals surface area contributed by atoms with Crippen molar-refractivity contribution in [1.29, 1.82) is 0 Å². The number of nitrogens with zero attached hydrogens (tertiary/aromatic N) is 1. The van der Waals surface area contributed by atoms with Gasteiger partial charge in [-0.15, -0.1) is 0 Å². The minimum Gasteiger partial charge on any atom is -0.359 e. The Hall–Kier alpha value is -1.16. The fraction of sp³-hybridized carbons (Fsp3) is 0.417. The molecule has 0 amide bonds. The number of nitrogens with one attached hydrogen (secondary N) is 1. The Bertz CT molecular complexity index is 493. The molecule has 0 bridgehead atoms. The largest absolute Gasteiger partial charge is 0.359 e. The van der Waals surface area contributed by atoms with Gasteiger partial charge in [0.15, 0.2) is 5.13 Å². The van der Waals surface area contributed by atoms with Crippen molar-refractivity contribution < 1.29 is 4.39 Å². The van der Waals surface area contributed by atoms with E-state index in [-0.39, 0.29) is 5.82 Å². The van der Waals surface area contributed by atoms with Crippen LogP contribution in [-0.4, -0.2) is 11.0 Å². The van der Waals surface area contributed by atoms with Crippen LogP contribution in [0.5, 0.6) is 0 Å². The van der Waals surface area contributed by atoms with Gasteiger partial charge in [-0.3, -0.25) is 0 Å². The molecule has 2 rings (SSSR count). The highest BCUT2D eigenvalue weighted by Gasteiger charge is 2.10. The number of benzene rings is 1. The van der Waals surface area contributed by atoms with Gasteiger partial charge in [0.1, 0.15) is 5.82 Å². The van der Waals surface area contributed by atoms with Gasteiger partial charge in [-0.05, 0) is 25.0 Å². The monoisotopic (exact) mass is 238 g/mol. The second-order valence-corrected chi connectivity index (χ2v) is 5.34. The molecule has 0 spiro atoms. The van der Waals surface area contributed by atoms with E-state index in [9.17, 15) is 4.39 Å². The number of fused-ring (bicyclic) bond motifs is 1. The van der Waals surface area contributed by atoms with Crippen molar-refractivity contribution in [3.05, 3.63) is 24.0 Å². The van der Waals surface area contributed by atoms with Crippen molar-refractivity contribution >= 4 is 26.7 Å². The lowest BCUT2D eigenvalue weighted by molar-refractivity contribution is 0.560. The Morgan fingerprint density at radius 3 is 2.75 bits per heavy atom. The molecule has 86 valence electrons. The third kappa shape index (κ3) is 2.32. The zero-order valence-electron chi connectivity index (χ0n) is 9.62. The molecule has 16 heavy (non-hydrogen) atoms. The SMILES string of the molecule is CC(C)C(C)Nc1nc2cc(F)ccc2s1. The Morgan fingerprint density at radius 1 is 1.31 bits per heavy atom. The van der Waals surface area contributed by atoms with E-state index in [1.54, 1.807) is 17.4 Å². The molecule has 0 aliphatic rings. The molecule has 1 aromatic carbocycles. The summed E-state index contributed by atoms with van der Waals surface area (Å²) in [5, 5.41) is 4.20. The van der Waals surface area contributed by atoms with E-state index in [1.165, 1.54) is 12.1 Å². The highest BCUT2D eigenvalue weighted by atomic mass is 32.1. The van der Waals surface area contributed by atoms with Gasteiger partial charge in [-0.2, -0.15) is 0 Å². The fourth-order valence-corrected chi connectivity index (χ4v) is 2.27. The summed E-state index contributed by atoms with van der Waals surface area (Å²) in [6.45, 7) is 6.44. The first-order valence-electron chi connectivity index (χ1n) is 5.39. The smallest absolute Gasteiger partial charge is 0.184 e. The van der Waals surface area contributed by atoms with Crippen molar-refractivity contribution in [2.45, 2.75) is 26.8 Å². The summed E-state index contributed by atoms with van der Waals surface area (Å²) in [5.41, 5.74) is 0.725. The summed E-state index contributed by atoms with van der Waals surface area (Å²) in [5.74, 6) is 0.310. The molecule has 1 unspecified atom stereocenters. The molecule has 1 heterocycles. The average molecular weight is 238 g/mol. The van der Waals surface area contributed by atoms with Crippen LogP contribution in [0.3, 0.4) is 0 Å². The zero-order valence-corrected chi connectivity index (χ0v) is 10.4. The fourth-order valence-electron chi connectivity index (χ4n) is 1.32. The Kier molecular flexibility index (Phi) is 3.10. The number of halogens is 1. The van der Waals surface area contributed by atoms with E-state index in [0.29, 0.717) is 12.0 Å². The number of rotatable bonds is 3. The number of hydrogen-bond acceptors (Lipinski definition) is 3. The maximum absolute atomic E-state index is 13.0. The molecule has 2 nitrogen and oxygen atoms in total. The van der Waals surface area contributed by atoms with Crippen molar-refractivity contribution in [1.82, 2.24) is 4.98 Å². The van der Waals surface area contributed by atoms with E-state index < -0.39 is 0 Å². The van der Waals surface area contributed by atoms with Crippen molar-refractivity contribution in [2.75, 3.05) is 5.32 Å². The molecule has 0 aliphatic heterocycles. The Balaban J connectivity index is 2.26. The van der Waals surface area contributed by atoms with Gasteiger partial charge in [-0.1, -0.05) is 25.2 Å². The lowest BCUT2D eigenvalue weighted by atomic mass is 10.1. The van der Waals surface area contributed by atoms with E-state index in [2.05, 4.69) is 31.1 Å². The third-order valence-corrected chi connectivity index (χ3v) is 3.67. The predicted molar refractivity (Wildman–Crippen MR) is 67.5 cm³/mol. The first kappa shape index (κ1) is 11.3. The van der Waals surface area contributed by atoms with Gasteiger partial charge in [0.25, 0.3) is 0 Å². The third-order valence-electron chi connectivity index (χ3n) is 2.70. The molecular weight excluding hydrogens is 223 g/mol. The molecule has 0 saturated carbocycles. The van der Waals surface area contributed by atoms with Gasteiger partial charge >= 0.3 is 0 Å². The lowest BCUT2D eigenvalue weighted by Gasteiger charge is -2.16. The van der Waals surface area contributed by atoms with E-state index in [0.717, 1.165) is 15.3 Å². The van der Waals surface area contributed by atoms with Crippen molar-refractivity contribution in [3.63, 3.8) is 0 Å². The quantitative estimate of drug-likeness (QED) is 0.877. The molecule has 2 aromatic rings. The molecular formula is C12H15FN2S. The van der Waals surface area contributed by atoms with E-state index in [4.69, 9.17) is 0 Å². The zero-order chi connectivity index (χ0) is 11.7. The van der Waals surface area contributed by atoms with Gasteiger partial charge < -0.3 is 5.32 Å². The first-order valence-corrected chi connectivity index (χ1v) is 6.20. The normalized spacial score (nSPS) is 13.3. The van der Waals surface area contributed by atoms with Crippen molar-refractivity contribution in [3.8, 4) is 0 Å². The minimum atomic E-state index is -0.235. The van der Waals surface area contributed by atoms with E-state index >= 15 is 0 Å². The Morgan fingerprint density at radius 2 is 2.06 bits per heavy atom. The second kappa shape index (κ2) is 4.37. The van der Waals surface area contributed by atoms with Crippen LogP contribution >= 0.6 is 11.3 Å². The van der Waals surface area contributed by atoms with Crippen molar-refractivity contribution in [2.24, 2.45) is 5.92 Å². The topological polar surface area (TPSA) is 24.9 Å². The van der Waals surface area contributed by atoms with Crippen LogP contribution in [-0.2, 0) is 0 Å². The van der Waals surface area contributed by atoms with Gasteiger partial charge in [0, 0.05) is 12.1 Å². The summed E-state index contributed by atoms with van der Waals surface area (Å²) in [6.07, 6.45) is 0. The molecule has 4 heteroatoms. The van der Waals surface area contributed by atoms with Crippen LogP contribution in [0.1, 0.15) is 20.8 Å². The number of hydrogen-bond donors (Lipinski definition) is 1. The molecule has 0 radical (unpaired) electrons. The van der Waals surface area contributed by atoms with Crippen LogP contribution in [0.4, 0.5) is 9.52 Å². The summed E-state index contributed by atoms with van der Waals surface area (Å²) in [7, 11) is 0. The summed E-state index contributed by atoms with van der Waals surface area (Å²) in [4.78, 5) is 4.36. The number of aromatic nitrogens is 1. The number of thiazole rings is 1. The van der Waals surface area contributed by atoms with Crippen LogP contribution in [0.2, 0.25) is 0 Å². The molecule has 1 atom stereocenters.